The maximum Gasteiger partial charge on any atom is 0.301 e. The van der Waals surface area contributed by atoms with Crippen LogP contribution >= 0.6 is 0 Å². The Balaban J connectivity index is 1.66. The fraction of sp³-hybridized carbons (Fsp3) is 0.636. The summed E-state index contributed by atoms with van der Waals surface area (Å²) in [5, 5.41) is 0. The molecule has 2 rings (SSSR count). The van der Waals surface area contributed by atoms with Crippen LogP contribution in [0, 0.1) is 5.82 Å². The van der Waals surface area contributed by atoms with Crippen molar-refractivity contribution in [1.82, 2.24) is 9.21 Å². The first-order valence-corrected chi connectivity index (χ1v) is 12.2. The zero-order valence-electron chi connectivity index (χ0n) is 18.2. The Hall–Kier alpha value is -1.48. The Morgan fingerprint density at radius 2 is 1.93 bits per heavy atom. The van der Waals surface area contributed by atoms with E-state index in [0.717, 1.165) is 64.6 Å². The van der Waals surface area contributed by atoms with Crippen LogP contribution in [-0.4, -0.2) is 63.6 Å². The van der Waals surface area contributed by atoms with E-state index in [1.54, 1.807) is 7.05 Å². The predicted octanol–water partition coefficient (Wildman–Crippen LogP) is 4.03. The smallest absolute Gasteiger partial charge is 0.301 e. The highest BCUT2D eigenvalue weighted by Crippen LogP contribution is 2.27. The Labute approximate surface area is 181 Å². The second-order valence-electron chi connectivity index (χ2n) is 8.05. The van der Waals surface area contributed by atoms with Gasteiger partial charge in [0.1, 0.15) is 5.82 Å². The van der Waals surface area contributed by atoms with Crippen LogP contribution in [-0.2, 0) is 14.9 Å². The monoisotopic (exact) mass is 441 g/mol. The fourth-order valence-corrected chi connectivity index (χ4v) is 4.94. The molecule has 0 bridgehead atoms. The maximum atomic E-state index is 13.3. The molecule has 1 aromatic carbocycles. The highest BCUT2D eigenvalue weighted by Gasteiger charge is 2.30. The molecule has 0 unspecified atom stereocenters. The topological polar surface area (TPSA) is 61.9 Å². The number of unbranched alkanes of at least 4 members (excludes halogenated alkanes) is 2. The van der Waals surface area contributed by atoms with Crippen LogP contribution in [0.3, 0.4) is 0 Å². The number of likely N-dealkylation sites (N-methyl/N-ethyl adjacent to an activating group) is 1. The van der Waals surface area contributed by atoms with Crippen molar-refractivity contribution in [2.75, 3.05) is 38.5 Å². The van der Waals surface area contributed by atoms with E-state index in [-0.39, 0.29) is 17.8 Å². The third-order valence-electron chi connectivity index (χ3n) is 5.59. The van der Waals surface area contributed by atoms with Crippen molar-refractivity contribution in [3.8, 4) is 0 Å². The number of anilines is 1. The fourth-order valence-electron chi connectivity index (χ4n) is 3.77. The summed E-state index contributed by atoms with van der Waals surface area (Å²) in [5.74, 6) is -0.473. The predicted molar refractivity (Wildman–Crippen MR) is 120 cm³/mol. The number of hydrogen-bond donors (Lipinski definition) is 1. The molecule has 1 saturated carbocycles. The van der Waals surface area contributed by atoms with Crippen LogP contribution in [0.4, 0.5) is 10.1 Å². The van der Waals surface area contributed by atoms with Crippen molar-refractivity contribution in [2.24, 2.45) is 0 Å². The molecule has 170 valence electrons. The molecular formula is C22H36FN3O3S. The summed E-state index contributed by atoms with van der Waals surface area (Å²) in [6.45, 7) is 6.50. The zero-order valence-corrected chi connectivity index (χ0v) is 19.0. The third kappa shape index (κ3) is 8.34. The van der Waals surface area contributed by atoms with Crippen LogP contribution < -0.4 is 4.72 Å². The molecule has 0 heterocycles. The standard InChI is InChI=1S/C22H36FN3O3S/c1-4-15-25(2)16-6-5-7-17-29-22-13-11-21(12-14-22)26(3)30(27,28)24-20-10-8-9-19(23)18-20/h4,8-10,18,21-22,24H,1,5-7,11-17H2,2-3H3. The van der Waals surface area contributed by atoms with E-state index in [9.17, 15) is 12.8 Å². The number of hydrogen-bond acceptors (Lipinski definition) is 4. The number of nitrogens with one attached hydrogen (secondary N) is 1. The Kier molecular flexibility index (Phi) is 10.2. The van der Waals surface area contributed by atoms with E-state index in [2.05, 4.69) is 23.2 Å². The zero-order chi connectivity index (χ0) is 22.0. The number of ether oxygens (including phenoxy) is 1. The van der Waals surface area contributed by atoms with Gasteiger partial charge in [-0.2, -0.15) is 12.7 Å². The minimum Gasteiger partial charge on any atom is -0.378 e. The minimum absolute atomic E-state index is 0.0729. The van der Waals surface area contributed by atoms with Crippen molar-refractivity contribution < 1.29 is 17.5 Å². The molecule has 1 aromatic rings. The first kappa shape index (κ1) is 24.8. The van der Waals surface area contributed by atoms with Crippen molar-refractivity contribution in [2.45, 2.75) is 57.1 Å². The average molecular weight is 442 g/mol. The summed E-state index contributed by atoms with van der Waals surface area (Å²) in [6.07, 6.45) is 8.70. The first-order valence-electron chi connectivity index (χ1n) is 10.7. The molecule has 1 N–H and O–H groups in total. The van der Waals surface area contributed by atoms with Gasteiger partial charge in [-0.05, 0) is 76.7 Å². The van der Waals surface area contributed by atoms with Crippen molar-refractivity contribution in [3.63, 3.8) is 0 Å². The summed E-state index contributed by atoms with van der Waals surface area (Å²) in [7, 11) is -0.0411. The lowest BCUT2D eigenvalue weighted by atomic mass is 9.93. The number of rotatable bonds is 13. The van der Waals surface area contributed by atoms with Gasteiger partial charge in [0, 0.05) is 26.2 Å². The Morgan fingerprint density at radius 1 is 1.20 bits per heavy atom. The van der Waals surface area contributed by atoms with Gasteiger partial charge < -0.3 is 9.64 Å². The average Bonchev–Trinajstić information content (AvgIpc) is 2.70. The number of nitrogens with zero attached hydrogens (tertiary/aromatic N) is 2. The van der Waals surface area contributed by atoms with Crippen molar-refractivity contribution >= 4 is 15.9 Å². The molecule has 6 nitrogen and oxygen atoms in total. The molecule has 8 heteroatoms. The van der Waals surface area contributed by atoms with Crippen LogP contribution in [0.2, 0.25) is 0 Å². The van der Waals surface area contributed by atoms with E-state index in [1.165, 1.54) is 28.6 Å². The lowest BCUT2D eigenvalue weighted by Crippen LogP contribution is -2.43. The summed E-state index contributed by atoms with van der Waals surface area (Å²) in [4.78, 5) is 2.25. The Bertz CT molecular complexity index is 752. The van der Waals surface area contributed by atoms with Gasteiger partial charge in [-0.3, -0.25) is 4.72 Å². The third-order valence-corrected chi connectivity index (χ3v) is 7.14. The maximum absolute atomic E-state index is 13.3. The molecule has 1 aliphatic rings. The molecule has 0 amide bonds. The van der Waals surface area contributed by atoms with Gasteiger partial charge in [-0.25, -0.2) is 4.39 Å². The lowest BCUT2D eigenvalue weighted by molar-refractivity contribution is 0.0156. The van der Waals surface area contributed by atoms with Crippen molar-refractivity contribution in [3.05, 3.63) is 42.7 Å². The van der Waals surface area contributed by atoms with E-state index in [0.29, 0.717) is 0 Å². The molecule has 0 aromatic heterocycles. The molecule has 1 fully saturated rings. The van der Waals surface area contributed by atoms with Gasteiger partial charge in [0.25, 0.3) is 0 Å². The molecule has 0 saturated heterocycles. The molecule has 30 heavy (non-hydrogen) atoms. The van der Waals surface area contributed by atoms with Crippen LogP contribution in [0.25, 0.3) is 0 Å². The summed E-state index contributed by atoms with van der Waals surface area (Å²) >= 11 is 0. The summed E-state index contributed by atoms with van der Waals surface area (Å²) < 4.78 is 48.4. The second-order valence-corrected chi connectivity index (χ2v) is 9.78. The highest BCUT2D eigenvalue weighted by molar-refractivity contribution is 7.90. The molecular weight excluding hydrogens is 405 g/mol. The largest absolute Gasteiger partial charge is 0.378 e. The van der Waals surface area contributed by atoms with Gasteiger partial charge in [0.2, 0.25) is 0 Å². The summed E-state index contributed by atoms with van der Waals surface area (Å²) in [6, 6.07) is 5.40. The molecule has 0 atom stereocenters. The lowest BCUT2D eigenvalue weighted by Gasteiger charge is -2.34. The quantitative estimate of drug-likeness (QED) is 0.371. The van der Waals surface area contributed by atoms with Crippen LogP contribution in [0.15, 0.2) is 36.9 Å². The Morgan fingerprint density at radius 3 is 2.60 bits per heavy atom. The van der Waals surface area contributed by atoms with Crippen LogP contribution in [0.1, 0.15) is 44.9 Å². The van der Waals surface area contributed by atoms with E-state index in [4.69, 9.17) is 4.74 Å². The van der Waals surface area contributed by atoms with Gasteiger partial charge in [-0.1, -0.05) is 12.1 Å². The highest BCUT2D eigenvalue weighted by atomic mass is 32.2. The van der Waals surface area contributed by atoms with E-state index < -0.39 is 16.0 Å². The molecule has 0 radical (unpaired) electrons. The van der Waals surface area contributed by atoms with Gasteiger partial charge in [0.05, 0.1) is 11.8 Å². The first-order chi connectivity index (χ1) is 14.3. The minimum atomic E-state index is -3.72. The number of benzene rings is 1. The normalized spacial score (nSPS) is 19.9. The van der Waals surface area contributed by atoms with Crippen molar-refractivity contribution in [1.29, 1.82) is 0 Å². The second kappa shape index (κ2) is 12.4. The van der Waals surface area contributed by atoms with Gasteiger partial charge in [0.15, 0.2) is 0 Å². The molecule has 0 aliphatic heterocycles. The van der Waals surface area contributed by atoms with E-state index in [1.807, 2.05) is 6.08 Å². The SMILES string of the molecule is C=CCN(C)CCCCCOC1CCC(N(C)S(=O)(=O)Nc2cccc(F)c2)CC1. The molecule has 1 aliphatic carbocycles. The van der Waals surface area contributed by atoms with Crippen LogP contribution in [0.5, 0.6) is 0 Å². The van der Waals surface area contributed by atoms with E-state index >= 15 is 0 Å². The molecule has 0 spiro atoms. The number of halogens is 1. The summed E-state index contributed by atoms with van der Waals surface area (Å²) in [5.41, 5.74) is 0.231. The van der Waals surface area contributed by atoms with Gasteiger partial charge in [-0.15, -0.1) is 6.58 Å². The van der Waals surface area contributed by atoms with Gasteiger partial charge >= 0.3 is 10.2 Å².